The zero-order valence-electron chi connectivity index (χ0n) is 12.6. The Morgan fingerprint density at radius 2 is 1.24 bits per heavy atom. The fourth-order valence-corrected chi connectivity index (χ4v) is 2.31. The number of rotatable bonds is 2. The van der Waals surface area contributed by atoms with Gasteiger partial charge < -0.3 is 0 Å². The van der Waals surface area contributed by atoms with Crippen molar-refractivity contribution in [3.63, 3.8) is 0 Å². The molecule has 0 spiro atoms. The molecular weight excluding hydrogens is 258 g/mol. The molecule has 0 unspecified atom stereocenters. The third-order valence-electron chi connectivity index (χ3n) is 3.75. The van der Waals surface area contributed by atoms with E-state index in [9.17, 15) is 0 Å². The highest BCUT2D eigenvalue weighted by atomic mass is 15.5. The topological polar surface area (TPSA) is 28.0 Å². The molecule has 1 aliphatic heterocycles. The maximum Gasteiger partial charge on any atom is 0.142 e. The summed E-state index contributed by atoms with van der Waals surface area (Å²) in [6, 6.07) is 20.5. The Balaban J connectivity index is 2.15. The molecule has 3 heteroatoms. The van der Waals surface area contributed by atoms with E-state index in [1.807, 2.05) is 48.5 Å². The monoisotopic (exact) mass is 277 g/mol. The van der Waals surface area contributed by atoms with Crippen molar-refractivity contribution < 1.29 is 0 Å². The van der Waals surface area contributed by atoms with Crippen molar-refractivity contribution in [1.29, 1.82) is 0 Å². The number of nitrogens with zero attached hydrogens (tertiary/aromatic N) is 3. The second-order valence-electron chi connectivity index (χ2n) is 5.66. The third-order valence-corrected chi connectivity index (χ3v) is 3.75. The van der Waals surface area contributed by atoms with Crippen LogP contribution in [0, 0.1) is 0 Å². The predicted octanol–water partition coefficient (Wildman–Crippen LogP) is 3.56. The summed E-state index contributed by atoms with van der Waals surface area (Å²) in [5, 5.41) is 6.70. The fraction of sp³-hybridized carbons (Fsp3) is 0.222. The fourth-order valence-electron chi connectivity index (χ4n) is 2.31. The van der Waals surface area contributed by atoms with Gasteiger partial charge in [-0.1, -0.05) is 60.7 Å². The summed E-state index contributed by atoms with van der Waals surface area (Å²) in [5.41, 5.74) is 3.71. The summed E-state index contributed by atoms with van der Waals surface area (Å²) in [7, 11) is 1.97. The van der Waals surface area contributed by atoms with Crippen molar-refractivity contribution in [2.24, 2.45) is 10.1 Å². The zero-order chi connectivity index (χ0) is 14.9. The third kappa shape index (κ3) is 2.59. The normalized spacial score (nSPS) is 17.2. The second kappa shape index (κ2) is 5.17. The second-order valence-corrected chi connectivity index (χ2v) is 5.66. The first-order valence-corrected chi connectivity index (χ1v) is 7.11. The van der Waals surface area contributed by atoms with E-state index in [0.29, 0.717) is 0 Å². The summed E-state index contributed by atoms with van der Waals surface area (Å²) >= 11 is 0. The Bertz CT molecular complexity index is 685. The first kappa shape index (κ1) is 13.6. The lowest BCUT2D eigenvalue weighted by Gasteiger charge is -2.35. The molecule has 0 aliphatic carbocycles. The van der Waals surface area contributed by atoms with E-state index in [1.165, 1.54) is 0 Å². The summed E-state index contributed by atoms with van der Waals surface area (Å²) < 4.78 is 0. The maximum atomic E-state index is 4.94. The van der Waals surface area contributed by atoms with Crippen LogP contribution in [-0.4, -0.2) is 29.1 Å². The van der Waals surface area contributed by atoms with Gasteiger partial charge in [-0.25, -0.2) is 0 Å². The molecule has 0 bridgehead atoms. The van der Waals surface area contributed by atoms with Gasteiger partial charge in [0.2, 0.25) is 0 Å². The van der Waals surface area contributed by atoms with Crippen molar-refractivity contribution in [2.75, 3.05) is 7.05 Å². The van der Waals surface area contributed by atoms with Gasteiger partial charge in [-0.2, -0.15) is 5.10 Å². The van der Waals surface area contributed by atoms with Crippen molar-refractivity contribution in [3.8, 4) is 0 Å². The van der Waals surface area contributed by atoms with Crippen LogP contribution in [0.5, 0.6) is 0 Å². The van der Waals surface area contributed by atoms with Gasteiger partial charge in [0.1, 0.15) is 11.4 Å². The van der Waals surface area contributed by atoms with Gasteiger partial charge in [0, 0.05) is 18.2 Å². The maximum absolute atomic E-state index is 4.94. The van der Waals surface area contributed by atoms with Crippen LogP contribution in [-0.2, 0) is 0 Å². The highest BCUT2D eigenvalue weighted by Crippen LogP contribution is 2.24. The van der Waals surface area contributed by atoms with Crippen LogP contribution in [0.4, 0.5) is 0 Å². The molecule has 2 aromatic rings. The molecule has 0 saturated heterocycles. The van der Waals surface area contributed by atoms with Crippen LogP contribution in [0.2, 0.25) is 0 Å². The Morgan fingerprint density at radius 1 is 0.762 bits per heavy atom. The molecule has 0 saturated carbocycles. The summed E-state index contributed by atoms with van der Waals surface area (Å²) in [5.74, 6) is 0. The quantitative estimate of drug-likeness (QED) is 0.825. The van der Waals surface area contributed by atoms with E-state index in [1.54, 1.807) is 0 Å². The van der Waals surface area contributed by atoms with Crippen molar-refractivity contribution >= 4 is 11.4 Å². The average Bonchev–Trinajstić information content (AvgIpc) is 2.51. The first-order chi connectivity index (χ1) is 10.1. The van der Waals surface area contributed by atoms with Crippen LogP contribution in [0.15, 0.2) is 70.8 Å². The lowest BCUT2D eigenvalue weighted by molar-refractivity contribution is 0.170. The molecule has 3 rings (SSSR count). The van der Waals surface area contributed by atoms with E-state index in [4.69, 9.17) is 10.1 Å². The number of hydrazone groups is 1. The van der Waals surface area contributed by atoms with Crippen molar-refractivity contribution in [1.82, 2.24) is 5.01 Å². The Labute approximate surface area is 125 Å². The van der Waals surface area contributed by atoms with Crippen LogP contribution in [0.1, 0.15) is 25.0 Å². The first-order valence-electron chi connectivity index (χ1n) is 7.11. The largest absolute Gasteiger partial charge is 0.273 e. The molecule has 0 N–H and O–H groups in total. The van der Waals surface area contributed by atoms with E-state index in [2.05, 4.69) is 38.1 Å². The summed E-state index contributed by atoms with van der Waals surface area (Å²) in [6.07, 6.45) is 0. The van der Waals surface area contributed by atoms with E-state index in [0.717, 1.165) is 22.6 Å². The van der Waals surface area contributed by atoms with E-state index >= 15 is 0 Å². The standard InChI is InChI=1S/C18H19N3/c1-18(2)19-16(14-10-6-4-7-11-14)17(20-21(18)3)15-12-8-5-9-13-15/h4-13H,1-3H3. The van der Waals surface area contributed by atoms with Gasteiger partial charge >= 0.3 is 0 Å². The number of hydrogen-bond donors (Lipinski definition) is 0. The molecule has 3 nitrogen and oxygen atoms in total. The van der Waals surface area contributed by atoms with Gasteiger partial charge in [0.25, 0.3) is 0 Å². The Hall–Kier alpha value is -2.42. The summed E-state index contributed by atoms with van der Waals surface area (Å²) in [4.78, 5) is 4.94. The molecule has 0 amide bonds. The Kier molecular flexibility index (Phi) is 3.34. The minimum atomic E-state index is -0.344. The number of hydrogen-bond acceptors (Lipinski definition) is 3. The molecule has 21 heavy (non-hydrogen) atoms. The smallest absolute Gasteiger partial charge is 0.142 e. The minimum Gasteiger partial charge on any atom is -0.273 e. The van der Waals surface area contributed by atoms with Crippen molar-refractivity contribution in [2.45, 2.75) is 19.5 Å². The molecule has 2 aromatic carbocycles. The highest BCUT2D eigenvalue weighted by molar-refractivity contribution is 6.53. The molecule has 0 aromatic heterocycles. The van der Waals surface area contributed by atoms with Crippen LogP contribution < -0.4 is 0 Å². The highest BCUT2D eigenvalue weighted by Gasteiger charge is 2.30. The zero-order valence-corrected chi connectivity index (χ0v) is 12.6. The number of aliphatic imine (C=N–C) groups is 1. The lowest BCUT2D eigenvalue weighted by atomic mass is 9.98. The van der Waals surface area contributed by atoms with Gasteiger partial charge in [-0.05, 0) is 13.8 Å². The molecule has 0 fully saturated rings. The van der Waals surface area contributed by atoms with Gasteiger partial charge in [-0.15, -0.1) is 0 Å². The van der Waals surface area contributed by atoms with Crippen LogP contribution in [0.3, 0.4) is 0 Å². The predicted molar refractivity (Wildman–Crippen MR) is 87.8 cm³/mol. The lowest BCUT2D eigenvalue weighted by Crippen LogP contribution is -2.43. The molecule has 1 aliphatic rings. The molecule has 0 radical (unpaired) electrons. The molecular formula is C18H19N3. The van der Waals surface area contributed by atoms with Gasteiger partial charge in [0.15, 0.2) is 0 Å². The van der Waals surface area contributed by atoms with Gasteiger partial charge in [0.05, 0.1) is 5.71 Å². The minimum absolute atomic E-state index is 0.344. The Morgan fingerprint density at radius 3 is 1.76 bits per heavy atom. The van der Waals surface area contributed by atoms with E-state index in [-0.39, 0.29) is 5.66 Å². The molecule has 1 heterocycles. The van der Waals surface area contributed by atoms with Gasteiger partial charge in [-0.3, -0.25) is 10.0 Å². The van der Waals surface area contributed by atoms with Crippen molar-refractivity contribution in [3.05, 3.63) is 71.8 Å². The van der Waals surface area contributed by atoms with Crippen LogP contribution >= 0.6 is 0 Å². The van der Waals surface area contributed by atoms with Crippen LogP contribution in [0.25, 0.3) is 0 Å². The summed E-state index contributed by atoms with van der Waals surface area (Å²) in [6.45, 7) is 4.14. The molecule has 106 valence electrons. The molecule has 0 atom stereocenters. The average molecular weight is 277 g/mol. The number of benzene rings is 2. The SMILES string of the molecule is CN1N=C(c2ccccc2)C(c2ccccc2)=NC1(C)C. The van der Waals surface area contributed by atoms with E-state index < -0.39 is 0 Å².